The second kappa shape index (κ2) is 6.85. The summed E-state index contributed by atoms with van der Waals surface area (Å²) < 4.78 is 19.0. The van der Waals surface area contributed by atoms with E-state index in [0.717, 1.165) is 5.56 Å². The lowest BCUT2D eigenvalue weighted by Gasteiger charge is -2.08. The fourth-order valence-corrected chi connectivity index (χ4v) is 1.82. The fourth-order valence-electron chi connectivity index (χ4n) is 1.82. The zero-order valence-electron chi connectivity index (χ0n) is 11.7. The average molecular weight is 288 g/mol. The molecule has 0 atom stereocenters. The van der Waals surface area contributed by atoms with Crippen molar-refractivity contribution >= 4 is 11.6 Å². The summed E-state index contributed by atoms with van der Waals surface area (Å²) >= 11 is 0. The lowest BCUT2D eigenvalue weighted by atomic mass is 10.1. The first kappa shape index (κ1) is 15.0. The second-order valence-electron chi connectivity index (χ2n) is 4.60. The van der Waals surface area contributed by atoms with Gasteiger partial charge < -0.3 is 15.8 Å². The van der Waals surface area contributed by atoms with E-state index in [9.17, 15) is 9.18 Å². The number of halogens is 1. The van der Waals surface area contributed by atoms with Crippen LogP contribution in [0.4, 0.5) is 10.1 Å². The number of hydrogen-bond donors (Lipinski definition) is 2. The Morgan fingerprint density at radius 1 is 1.24 bits per heavy atom. The number of benzene rings is 2. The highest BCUT2D eigenvalue weighted by atomic mass is 19.1. The van der Waals surface area contributed by atoms with Crippen LogP contribution in [-0.2, 0) is 0 Å². The van der Waals surface area contributed by atoms with Gasteiger partial charge in [0.25, 0.3) is 5.91 Å². The molecule has 0 heterocycles. The van der Waals surface area contributed by atoms with Crippen molar-refractivity contribution in [3.63, 3.8) is 0 Å². The summed E-state index contributed by atoms with van der Waals surface area (Å²) in [5.74, 6) is -0.354. The average Bonchev–Trinajstić information content (AvgIpc) is 2.49. The monoisotopic (exact) mass is 288 g/mol. The van der Waals surface area contributed by atoms with Crippen molar-refractivity contribution in [1.82, 2.24) is 0 Å². The molecule has 2 aromatic carbocycles. The Kier molecular flexibility index (Phi) is 4.90. The maximum atomic E-state index is 13.6. The molecule has 2 rings (SSSR count). The largest absolute Gasteiger partial charge is 0.492 e. The van der Waals surface area contributed by atoms with Crippen LogP contribution < -0.4 is 15.8 Å². The number of anilines is 1. The third-order valence-electron chi connectivity index (χ3n) is 2.87. The standard InChI is InChI=1S/C16H17FN2O2/c1-11-2-7-15(17)14(10-11)16(20)19-12-3-5-13(6-4-12)21-9-8-18/h2-7,10H,8-9,18H2,1H3,(H,19,20). The molecule has 1 amide bonds. The Labute approximate surface area is 122 Å². The van der Waals surface area contributed by atoms with Crippen molar-refractivity contribution < 1.29 is 13.9 Å². The van der Waals surface area contributed by atoms with Gasteiger partial charge in [-0.2, -0.15) is 0 Å². The lowest BCUT2D eigenvalue weighted by molar-refractivity contribution is 0.102. The molecule has 0 aliphatic carbocycles. The third-order valence-corrected chi connectivity index (χ3v) is 2.87. The van der Waals surface area contributed by atoms with Crippen LogP contribution in [0.2, 0.25) is 0 Å². The summed E-state index contributed by atoms with van der Waals surface area (Å²) in [6.07, 6.45) is 0. The number of hydrogen-bond acceptors (Lipinski definition) is 3. The lowest BCUT2D eigenvalue weighted by Crippen LogP contribution is -2.14. The first-order valence-corrected chi connectivity index (χ1v) is 6.60. The van der Waals surface area contributed by atoms with Gasteiger partial charge in [0.1, 0.15) is 18.2 Å². The van der Waals surface area contributed by atoms with E-state index in [1.54, 1.807) is 37.3 Å². The molecule has 0 bridgehead atoms. The number of ether oxygens (including phenoxy) is 1. The Morgan fingerprint density at radius 3 is 2.62 bits per heavy atom. The van der Waals surface area contributed by atoms with Crippen molar-refractivity contribution in [1.29, 1.82) is 0 Å². The number of nitrogens with two attached hydrogens (primary N) is 1. The van der Waals surface area contributed by atoms with Gasteiger partial charge in [-0.25, -0.2) is 4.39 Å². The van der Waals surface area contributed by atoms with E-state index in [0.29, 0.717) is 24.6 Å². The zero-order valence-corrected chi connectivity index (χ0v) is 11.7. The van der Waals surface area contributed by atoms with Crippen LogP contribution in [0.25, 0.3) is 0 Å². The molecule has 0 aliphatic heterocycles. The van der Waals surface area contributed by atoms with Crippen LogP contribution in [0.3, 0.4) is 0 Å². The molecule has 0 radical (unpaired) electrons. The highest BCUT2D eigenvalue weighted by Gasteiger charge is 2.12. The van der Waals surface area contributed by atoms with Crippen molar-refractivity contribution in [2.75, 3.05) is 18.5 Å². The minimum atomic E-state index is -0.541. The van der Waals surface area contributed by atoms with Crippen LogP contribution >= 0.6 is 0 Å². The molecule has 0 saturated heterocycles. The Hall–Kier alpha value is -2.40. The molecule has 3 N–H and O–H groups in total. The van der Waals surface area contributed by atoms with Crippen molar-refractivity contribution in [2.24, 2.45) is 5.73 Å². The van der Waals surface area contributed by atoms with E-state index in [1.807, 2.05) is 0 Å². The number of amides is 1. The van der Waals surface area contributed by atoms with E-state index in [-0.39, 0.29) is 5.56 Å². The predicted octanol–water partition coefficient (Wildman–Crippen LogP) is 2.72. The van der Waals surface area contributed by atoms with Crippen molar-refractivity contribution in [3.05, 3.63) is 59.4 Å². The SMILES string of the molecule is Cc1ccc(F)c(C(=O)Nc2ccc(OCCN)cc2)c1. The maximum Gasteiger partial charge on any atom is 0.258 e. The second-order valence-corrected chi connectivity index (χ2v) is 4.60. The summed E-state index contributed by atoms with van der Waals surface area (Å²) in [6.45, 7) is 2.67. The molecule has 110 valence electrons. The van der Waals surface area contributed by atoms with E-state index in [4.69, 9.17) is 10.5 Å². The predicted molar refractivity (Wildman–Crippen MR) is 80.1 cm³/mol. The van der Waals surface area contributed by atoms with Gasteiger partial charge in [0, 0.05) is 12.2 Å². The molecule has 21 heavy (non-hydrogen) atoms. The maximum absolute atomic E-state index is 13.6. The van der Waals surface area contributed by atoms with Gasteiger partial charge in [0.15, 0.2) is 0 Å². The molecule has 0 fully saturated rings. The van der Waals surface area contributed by atoms with E-state index < -0.39 is 11.7 Å². The smallest absolute Gasteiger partial charge is 0.258 e. The topological polar surface area (TPSA) is 64.3 Å². The third kappa shape index (κ3) is 4.03. The highest BCUT2D eigenvalue weighted by Crippen LogP contribution is 2.17. The Balaban J connectivity index is 2.07. The summed E-state index contributed by atoms with van der Waals surface area (Å²) in [7, 11) is 0. The van der Waals surface area contributed by atoms with Crippen molar-refractivity contribution in [3.8, 4) is 5.75 Å². The van der Waals surface area contributed by atoms with Crippen molar-refractivity contribution in [2.45, 2.75) is 6.92 Å². The Bertz CT molecular complexity index is 627. The molecule has 0 spiro atoms. The number of carbonyl (C=O) groups excluding carboxylic acids is 1. The number of nitrogens with one attached hydrogen (secondary N) is 1. The Morgan fingerprint density at radius 2 is 1.95 bits per heavy atom. The molecule has 5 heteroatoms. The minimum Gasteiger partial charge on any atom is -0.492 e. The summed E-state index contributed by atoms with van der Waals surface area (Å²) in [4.78, 5) is 12.0. The molecular formula is C16H17FN2O2. The number of carbonyl (C=O) groups is 1. The summed E-state index contributed by atoms with van der Waals surface area (Å²) in [5.41, 5.74) is 6.77. The quantitative estimate of drug-likeness (QED) is 0.889. The molecule has 2 aromatic rings. The van der Waals surface area contributed by atoms with Gasteiger partial charge >= 0.3 is 0 Å². The first-order chi connectivity index (χ1) is 10.1. The summed E-state index contributed by atoms with van der Waals surface area (Å²) in [6, 6.07) is 11.2. The minimum absolute atomic E-state index is 0.0264. The number of aryl methyl sites for hydroxylation is 1. The van der Waals surface area contributed by atoms with Gasteiger partial charge in [-0.15, -0.1) is 0 Å². The van der Waals surface area contributed by atoms with E-state index >= 15 is 0 Å². The van der Waals surface area contributed by atoms with Gasteiger partial charge in [-0.3, -0.25) is 4.79 Å². The fraction of sp³-hybridized carbons (Fsp3) is 0.188. The van der Waals surface area contributed by atoms with Gasteiger partial charge in [0.2, 0.25) is 0 Å². The van der Waals surface area contributed by atoms with Crippen LogP contribution in [-0.4, -0.2) is 19.1 Å². The molecule has 0 aromatic heterocycles. The van der Waals surface area contributed by atoms with Crippen LogP contribution in [0.15, 0.2) is 42.5 Å². The van der Waals surface area contributed by atoms with Crippen LogP contribution in [0, 0.1) is 12.7 Å². The van der Waals surface area contributed by atoms with E-state index in [2.05, 4.69) is 5.32 Å². The molecular weight excluding hydrogens is 271 g/mol. The number of rotatable bonds is 5. The molecule has 0 aliphatic rings. The van der Waals surface area contributed by atoms with E-state index in [1.165, 1.54) is 12.1 Å². The zero-order chi connectivity index (χ0) is 15.2. The van der Waals surface area contributed by atoms with Crippen LogP contribution in [0.5, 0.6) is 5.75 Å². The summed E-state index contributed by atoms with van der Waals surface area (Å²) in [5, 5.41) is 2.65. The van der Waals surface area contributed by atoms with Gasteiger partial charge in [-0.1, -0.05) is 11.6 Å². The normalized spacial score (nSPS) is 10.2. The van der Waals surface area contributed by atoms with Crippen LogP contribution in [0.1, 0.15) is 15.9 Å². The van der Waals surface area contributed by atoms with Gasteiger partial charge in [0.05, 0.1) is 5.56 Å². The molecule has 0 saturated carbocycles. The molecule has 4 nitrogen and oxygen atoms in total. The van der Waals surface area contributed by atoms with Gasteiger partial charge in [-0.05, 0) is 43.3 Å². The molecule has 0 unspecified atom stereocenters. The first-order valence-electron chi connectivity index (χ1n) is 6.60. The highest BCUT2D eigenvalue weighted by molar-refractivity contribution is 6.04.